The van der Waals surface area contributed by atoms with Gasteiger partial charge in [0.25, 0.3) is 0 Å². The molecule has 0 bridgehead atoms. The highest BCUT2D eigenvalue weighted by Gasteiger charge is 2.34. The molecule has 1 aromatic carbocycles. The van der Waals surface area contributed by atoms with Gasteiger partial charge in [0.2, 0.25) is 11.8 Å². The van der Waals surface area contributed by atoms with Gasteiger partial charge in [-0.15, -0.1) is 0 Å². The number of hydrogen-bond acceptors (Lipinski definition) is 3. The first-order valence-corrected chi connectivity index (χ1v) is 7.00. The summed E-state index contributed by atoms with van der Waals surface area (Å²) in [6.45, 7) is 4.02. The molecule has 0 aliphatic carbocycles. The number of rotatable bonds is 5. The van der Waals surface area contributed by atoms with Crippen LogP contribution in [0.5, 0.6) is 0 Å². The minimum Gasteiger partial charge on any atom is -0.358 e. The normalized spacial score (nSPS) is 18.3. The van der Waals surface area contributed by atoms with Crippen molar-refractivity contribution in [3.8, 4) is 0 Å². The Kier molecular flexibility index (Phi) is 4.57. The monoisotopic (exact) mass is 293 g/mol. The second-order valence-corrected chi connectivity index (χ2v) is 5.62. The Morgan fingerprint density at radius 3 is 2.76 bits per heavy atom. The van der Waals surface area contributed by atoms with Gasteiger partial charge in [-0.3, -0.25) is 14.9 Å². The van der Waals surface area contributed by atoms with Gasteiger partial charge in [0.15, 0.2) is 0 Å². The average Bonchev–Trinajstić information content (AvgIpc) is 2.72. The summed E-state index contributed by atoms with van der Waals surface area (Å²) in [7, 11) is 1.56. The van der Waals surface area contributed by atoms with Crippen molar-refractivity contribution in [2.45, 2.75) is 32.4 Å². The molecule has 2 amide bonds. The van der Waals surface area contributed by atoms with E-state index in [0.717, 1.165) is 0 Å². The van der Waals surface area contributed by atoms with Crippen molar-refractivity contribution < 1.29 is 14.0 Å². The highest BCUT2D eigenvalue weighted by atomic mass is 19.1. The molecule has 1 aliphatic rings. The minimum absolute atomic E-state index is 0.160. The van der Waals surface area contributed by atoms with Crippen molar-refractivity contribution in [2.24, 2.45) is 5.92 Å². The molecule has 1 aliphatic heterocycles. The lowest BCUT2D eigenvalue weighted by atomic mass is 10.0. The molecule has 0 spiro atoms. The molecular weight excluding hydrogens is 273 g/mol. The van der Waals surface area contributed by atoms with Gasteiger partial charge in [0, 0.05) is 18.3 Å². The quantitative estimate of drug-likeness (QED) is 0.772. The molecule has 5 nitrogen and oxygen atoms in total. The minimum atomic E-state index is -0.637. The number of halogens is 1. The van der Waals surface area contributed by atoms with Crippen molar-refractivity contribution in [2.75, 3.05) is 12.4 Å². The Morgan fingerprint density at radius 1 is 1.43 bits per heavy atom. The van der Waals surface area contributed by atoms with Crippen molar-refractivity contribution in [3.05, 3.63) is 29.6 Å². The summed E-state index contributed by atoms with van der Waals surface area (Å²) in [5.74, 6) is -0.531. The van der Waals surface area contributed by atoms with Gasteiger partial charge in [-0.25, -0.2) is 4.39 Å². The van der Waals surface area contributed by atoms with E-state index in [4.69, 9.17) is 0 Å². The zero-order valence-electron chi connectivity index (χ0n) is 12.4. The Labute approximate surface area is 123 Å². The smallest absolute Gasteiger partial charge is 0.246 e. The number of likely N-dealkylation sites (N-methyl/N-ethyl adjacent to an activating group) is 1. The SMILES string of the molecule is CNC(=O)C(CC(C)C)NC1C(=O)Nc2cc(F)ccc21. The van der Waals surface area contributed by atoms with E-state index in [1.54, 1.807) is 13.1 Å². The van der Waals surface area contributed by atoms with Crippen molar-refractivity contribution in [1.29, 1.82) is 0 Å². The number of amides is 2. The third kappa shape index (κ3) is 3.39. The van der Waals surface area contributed by atoms with Crippen LogP contribution >= 0.6 is 0 Å². The third-order valence-electron chi connectivity index (χ3n) is 3.48. The van der Waals surface area contributed by atoms with Crippen LogP contribution < -0.4 is 16.0 Å². The van der Waals surface area contributed by atoms with Gasteiger partial charge in [-0.1, -0.05) is 19.9 Å². The fourth-order valence-corrected chi connectivity index (χ4v) is 2.50. The van der Waals surface area contributed by atoms with E-state index >= 15 is 0 Å². The summed E-state index contributed by atoms with van der Waals surface area (Å²) in [6, 6.07) is 3.05. The molecule has 21 heavy (non-hydrogen) atoms. The van der Waals surface area contributed by atoms with Crippen LogP contribution in [-0.4, -0.2) is 24.9 Å². The zero-order chi connectivity index (χ0) is 15.6. The standard InChI is InChI=1S/C15H20FN3O2/c1-8(2)6-12(14(20)17-3)18-13-10-5-4-9(16)7-11(10)19-15(13)21/h4-5,7-8,12-13,18H,6H2,1-3H3,(H,17,20)(H,19,21). The van der Waals surface area contributed by atoms with E-state index in [-0.39, 0.29) is 11.8 Å². The second kappa shape index (κ2) is 6.22. The number of nitrogens with one attached hydrogen (secondary N) is 3. The fourth-order valence-electron chi connectivity index (χ4n) is 2.50. The molecule has 0 saturated heterocycles. The van der Waals surface area contributed by atoms with Crippen molar-refractivity contribution in [3.63, 3.8) is 0 Å². The maximum atomic E-state index is 13.2. The zero-order valence-corrected chi connectivity index (χ0v) is 12.4. The van der Waals surface area contributed by atoms with Gasteiger partial charge >= 0.3 is 0 Å². The van der Waals surface area contributed by atoms with Crippen LogP contribution in [0.25, 0.3) is 0 Å². The molecule has 0 aromatic heterocycles. The lowest BCUT2D eigenvalue weighted by Gasteiger charge is -2.22. The van der Waals surface area contributed by atoms with E-state index in [2.05, 4.69) is 16.0 Å². The molecule has 114 valence electrons. The lowest BCUT2D eigenvalue weighted by Crippen LogP contribution is -2.46. The van der Waals surface area contributed by atoms with E-state index in [0.29, 0.717) is 23.6 Å². The predicted molar refractivity (Wildman–Crippen MR) is 78.2 cm³/mol. The number of fused-ring (bicyclic) bond motifs is 1. The van der Waals surface area contributed by atoms with Crippen molar-refractivity contribution in [1.82, 2.24) is 10.6 Å². The number of carbonyl (C=O) groups excluding carboxylic acids is 2. The van der Waals surface area contributed by atoms with E-state index in [1.165, 1.54) is 12.1 Å². The Hall–Kier alpha value is -1.95. The molecule has 1 aromatic rings. The van der Waals surface area contributed by atoms with Gasteiger partial charge < -0.3 is 10.6 Å². The molecule has 2 unspecified atom stereocenters. The summed E-state index contributed by atoms with van der Waals surface area (Å²) < 4.78 is 13.2. The predicted octanol–water partition coefficient (Wildman–Crippen LogP) is 1.57. The Bertz CT molecular complexity index is 560. The maximum absolute atomic E-state index is 13.2. The fraction of sp³-hybridized carbons (Fsp3) is 0.467. The van der Waals surface area contributed by atoms with Crippen LogP contribution in [-0.2, 0) is 9.59 Å². The summed E-state index contributed by atoms with van der Waals surface area (Å²) in [5.41, 5.74) is 1.12. The molecule has 1 heterocycles. The summed E-state index contributed by atoms with van der Waals surface area (Å²) in [6.07, 6.45) is 0.611. The summed E-state index contributed by atoms with van der Waals surface area (Å²) in [5, 5.41) is 8.31. The van der Waals surface area contributed by atoms with Crippen LogP contribution in [0.15, 0.2) is 18.2 Å². The highest BCUT2D eigenvalue weighted by molar-refractivity contribution is 6.02. The van der Waals surface area contributed by atoms with Crippen LogP contribution in [0.1, 0.15) is 31.9 Å². The van der Waals surface area contributed by atoms with E-state index in [1.807, 2.05) is 13.8 Å². The molecule has 3 N–H and O–H groups in total. The summed E-state index contributed by atoms with van der Waals surface area (Å²) >= 11 is 0. The van der Waals surface area contributed by atoms with Crippen LogP contribution in [0.2, 0.25) is 0 Å². The Morgan fingerprint density at radius 2 is 2.14 bits per heavy atom. The molecule has 0 fully saturated rings. The average molecular weight is 293 g/mol. The highest BCUT2D eigenvalue weighted by Crippen LogP contribution is 2.31. The van der Waals surface area contributed by atoms with Gasteiger partial charge in [-0.05, 0) is 24.5 Å². The first-order chi connectivity index (χ1) is 9.92. The van der Waals surface area contributed by atoms with Crippen molar-refractivity contribution >= 4 is 17.5 Å². The number of benzene rings is 1. The molecule has 0 radical (unpaired) electrons. The van der Waals surface area contributed by atoms with E-state index < -0.39 is 17.9 Å². The molecule has 6 heteroatoms. The second-order valence-electron chi connectivity index (χ2n) is 5.62. The largest absolute Gasteiger partial charge is 0.358 e. The van der Waals surface area contributed by atoms with Gasteiger partial charge in [-0.2, -0.15) is 0 Å². The lowest BCUT2D eigenvalue weighted by molar-refractivity contribution is -0.124. The maximum Gasteiger partial charge on any atom is 0.246 e. The molecule has 2 rings (SSSR count). The number of hydrogen-bond donors (Lipinski definition) is 3. The van der Waals surface area contributed by atoms with Gasteiger partial charge in [0.05, 0.1) is 6.04 Å². The number of carbonyl (C=O) groups is 2. The van der Waals surface area contributed by atoms with Crippen LogP contribution in [0.4, 0.5) is 10.1 Å². The molecular formula is C15H20FN3O2. The molecule has 0 saturated carbocycles. The number of anilines is 1. The van der Waals surface area contributed by atoms with Crippen LogP contribution in [0.3, 0.4) is 0 Å². The molecule has 2 atom stereocenters. The first kappa shape index (κ1) is 15.4. The Balaban J connectivity index is 2.21. The first-order valence-electron chi connectivity index (χ1n) is 7.00. The van der Waals surface area contributed by atoms with Crippen LogP contribution in [0, 0.1) is 11.7 Å². The topological polar surface area (TPSA) is 70.2 Å². The van der Waals surface area contributed by atoms with Gasteiger partial charge in [0.1, 0.15) is 11.9 Å². The van der Waals surface area contributed by atoms with E-state index in [9.17, 15) is 14.0 Å². The third-order valence-corrected chi connectivity index (χ3v) is 3.48. The summed E-state index contributed by atoms with van der Waals surface area (Å²) in [4.78, 5) is 24.0.